The maximum atomic E-state index is 11.1. The fourth-order valence-corrected chi connectivity index (χ4v) is 2.06. The van der Waals surface area contributed by atoms with Crippen LogP contribution in [-0.2, 0) is 0 Å². The van der Waals surface area contributed by atoms with E-state index in [9.17, 15) is 9.59 Å². The second-order valence-corrected chi connectivity index (χ2v) is 4.54. The summed E-state index contributed by atoms with van der Waals surface area (Å²) in [5, 5.41) is 9.64. The van der Waals surface area contributed by atoms with Gasteiger partial charge >= 0.3 is 5.97 Å². The maximum Gasteiger partial charge on any atom is 0.356 e. The van der Waals surface area contributed by atoms with Gasteiger partial charge in [0.1, 0.15) is 5.03 Å². The Hall–Kier alpha value is -1.86. The normalized spacial score (nSPS) is 10.3. The van der Waals surface area contributed by atoms with E-state index in [4.69, 9.17) is 16.7 Å². The minimum absolute atomic E-state index is 0.0568. The molecule has 2 N–H and O–H groups in total. The van der Waals surface area contributed by atoms with Crippen molar-refractivity contribution in [3.8, 4) is 0 Å². The fourth-order valence-electron chi connectivity index (χ4n) is 1.13. The van der Waals surface area contributed by atoms with Crippen LogP contribution in [0.2, 0.25) is 5.02 Å². The number of H-pyrrole nitrogens is 1. The SMILES string of the molecule is O=C(O)c1nc(Sc2nccc(=O)[nH]2)ccc1Cl. The van der Waals surface area contributed by atoms with Gasteiger partial charge in [-0.1, -0.05) is 11.6 Å². The molecule has 0 aliphatic carbocycles. The molecular weight excluding hydrogens is 278 g/mol. The zero-order valence-corrected chi connectivity index (χ0v) is 10.3. The molecule has 8 heteroatoms. The van der Waals surface area contributed by atoms with Crippen molar-refractivity contribution in [2.24, 2.45) is 0 Å². The van der Waals surface area contributed by atoms with Gasteiger partial charge in [-0.3, -0.25) is 4.79 Å². The summed E-state index contributed by atoms with van der Waals surface area (Å²) in [6.45, 7) is 0. The first kappa shape index (κ1) is 12.6. The second kappa shape index (κ2) is 5.19. The van der Waals surface area contributed by atoms with Crippen molar-refractivity contribution in [2.45, 2.75) is 10.2 Å². The van der Waals surface area contributed by atoms with Crippen LogP contribution in [0, 0.1) is 0 Å². The van der Waals surface area contributed by atoms with Gasteiger partial charge in [0.05, 0.1) is 5.02 Å². The largest absolute Gasteiger partial charge is 0.476 e. The van der Waals surface area contributed by atoms with E-state index in [1.807, 2.05) is 0 Å². The predicted octanol–water partition coefficient (Wildman–Crippen LogP) is 1.67. The molecule has 0 amide bonds. The van der Waals surface area contributed by atoms with Crippen LogP contribution in [0.1, 0.15) is 10.5 Å². The number of hydrogen-bond acceptors (Lipinski definition) is 5. The van der Waals surface area contributed by atoms with Gasteiger partial charge in [0, 0.05) is 12.3 Å². The molecule has 18 heavy (non-hydrogen) atoms. The Balaban J connectivity index is 2.33. The molecule has 92 valence electrons. The summed E-state index contributed by atoms with van der Waals surface area (Å²) in [5.74, 6) is -1.21. The Morgan fingerprint density at radius 2 is 2.17 bits per heavy atom. The molecule has 0 atom stereocenters. The molecule has 0 saturated carbocycles. The average molecular weight is 284 g/mol. The predicted molar refractivity (Wildman–Crippen MR) is 65.2 cm³/mol. The third-order valence-electron chi connectivity index (χ3n) is 1.87. The Labute approximate surface area is 110 Å². The number of nitrogens with zero attached hydrogens (tertiary/aromatic N) is 2. The summed E-state index contributed by atoms with van der Waals surface area (Å²) in [5.41, 5.74) is -0.528. The van der Waals surface area contributed by atoms with Crippen molar-refractivity contribution in [2.75, 3.05) is 0 Å². The van der Waals surface area contributed by atoms with Gasteiger partial charge < -0.3 is 10.1 Å². The van der Waals surface area contributed by atoms with Crippen molar-refractivity contribution in [3.63, 3.8) is 0 Å². The minimum Gasteiger partial charge on any atom is -0.476 e. The van der Waals surface area contributed by atoms with Gasteiger partial charge in [-0.2, -0.15) is 0 Å². The van der Waals surface area contributed by atoms with Crippen LogP contribution in [0.25, 0.3) is 0 Å². The van der Waals surface area contributed by atoms with E-state index in [0.717, 1.165) is 11.8 Å². The first-order valence-electron chi connectivity index (χ1n) is 4.69. The van der Waals surface area contributed by atoms with Gasteiger partial charge in [0.2, 0.25) is 0 Å². The van der Waals surface area contributed by atoms with Crippen LogP contribution in [0.3, 0.4) is 0 Å². The molecule has 0 unspecified atom stereocenters. The number of rotatable bonds is 3. The highest BCUT2D eigenvalue weighted by molar-refractivity contribution is 7.99. The molecule has 0 aliphatic rings. The molecule has 2 heterocycles. The fraction of sp³-hybridized carbons (Fsp3) is 0. The molecule has 2 aromatic heterocycles. The van der Waals surface area contributed by atoms with Crippen LogP contribution in [0.5, 0.6) is 0 Å². The molecular formula is C10H6ClN3O3S. The van der Waals surface area contributed by atoms with E-state index in [1.165, 1.54) is 18.3 Å². The first-order valence-corrected chi connectivity index (χ1v) is 5.89. The number of aromatic nitrogens is 3. The first-order chi connectivity index (χ1) is 8.56. The second-order valence-electron chi connectivity index (χ2n) is 3.13. The van der Waals surface area contributed by atoms with Gasteiger partial charge in [-0.25, -0.2) is 14.8 Å². The van der Waals surface area contributed by atoms with Crippen molar-refractivity contribution in [3.05, 3.63) is 45.5 Å². The van der Waals surface area contributed by atoms with Crippen LogP contribution < -0.4 is 5.56 Å². The molecule has 0 spiro atoms. The van der Waals surface area contributed by atoms with E-state index in [1.54, 1.807) is 6.07 Å². The molecule has 0 saturated heterocycles. The highest BCUT2D eigenvalue weighted by atomic mass is 35.5. The number of nitrogens with one attached hydrogen (secondary N) is 1. The van der Waals surface area contributed by atoms with Crippen molar-refractivity contribution in [1.82, 2.24) is 15.0 Å². The lowest BCUT2D eigenvalue weighted by Gasteiger charge is -2.02. The average Bonchev–Trinajstić information content (AvgIpc) is 2.31. The van der Waals surface area contributed by atoms with Crippen LogP contribution >= 0.6 is 23.4 Å². The number of carboxylic acids is 1. The Morgan fingerprint density at radius 3 is 2.83 bits per heavy atom. The summed E-state index contributed by atoms with van der Waals surface area (Å²) >= 11 is 6.74. The smallest absolute Gasteiger partial charge is 0.356 e. The molecule has 0 fully saturated rings. The third kappa shape index (κ3) is 2.88. The zero-order valence-electron chi connectivity index (χ0n) is 8.75. The molecule has 6 nitrogen and oxygen atoms in total. The molecule has 2 aromatic rings. The quantitative estimate of drug-likeness (QED) is 0.832. The number of aromatic amines is 1. The maximum absolute atomic E-state index is 11.1. The Bertz CT molecular complexity index is 659. The van der Waals surface area contributed by atoms with E-state index in [2.05, 4.69) is 15.0 Å². The number of halogens is 1. The Morgan fingerprint density at radius 1 is 1.39 bits per heavy atom. The van der Waals surface area contributed by atoms with Gasteiger partial charge in [-0.05, 0) is 23.9 Å². The van der Waals surface area contributed by atoms with Crippen molar-refractivity contribution in [1.29, 1.82) is 0 Å². The number of hydrogen-bond donors (Lipinski definition) is 2. The molecule has 0 aliphatic heterocycles. The molecule has 0 radical (unpaired) electrons. The lowest BCUT2D eigenvalue weighted by Crippen LogP contribution is -2.06. The number of carboxylic acid groups (broad SMARTS) is 1. The molecule has 0 bridgehead atoms. The highest BCUT2D eigenvalue weighted by Gasteiger charge is 2.12. The summed E-state index contributed by atoms with van der Waals surface area (Å²) in [7, 11) is 0. The summed E-state index contributed by atoms with van der Waals surface area (Å²) < 4.78 is 0. The summed E-state index contributed by atoms with van der Waals surface area (Å²) in [6.07, 6.45) is 1.36. The summed E-state index contributed by atoms with van der Waals surface area (Å²) in [6, 6.07) is 4.26. The zero-order chi connectivity index (χ0) is 13.1. The van der Waals surface area contributed by atoms with Crippen LogP contribution in [0.15, 0.2) is 39.4 Å². The van der Waals surface area contributed by atoms with E-state index >= 15 is 0 Å². The topological polar surface area (TPSA) is 95.9 Å². The minimum atomic E-state index is -1.21. The monoisotopic (exact) mass is 283 g/mol. The lowest BCUT2D eigenvalue weighted by molar-refractivity contribution is 0.0690. The summed E-state index contributed by atoms with van der Waals surface area (Å²) in [4.78, 5) is 32.2. The number of pyridine rings is 1. The Kier molecular flexibility index (Phi) is 3.63. The van der Waals surface area contributed by atoms with Crippen molar-refractivity contribution >= 4 is 29.3 Å². The highest BCUT2D eigenvalue weighted by Crippen LogP contribution is 2.24. The van der Waals surface area contributed by atoms with Gasteiger partial charge in [0.15, 0.2) is 10.9 Å². The van der Waals surface area contributed by atoms with E-state index < -0.39 is 5.97 Å². The van der Waals surface area contributed by atoms with Crippen LogP contribution in [0.4, 0.5) is 0 Å². The number of aromatic carboxylic acids is 1. The third-order valence-corrected chi connectivity index (χ3v) is 3.01. The van der Waals surface area contributed by atoms with E-state index in [-0.39, 0.29) is 16.3 Å². The van der Waals surface area contributed by atoms with Gasteiger partial charge in [0.25, 0.3) is 5.56 Å². The lowest BCUT2D eigenvalue weighted by atomic mass is 10.3. The van der Waals surface area contributed by atoms with Crippen molar-refractivity contribution < 1.29 is 9.90 Å². The molecule has 0 aromatic carbocycles. The van der Waals surface area contributed by atoms with Crippen LogP contribution in [-0.4, -0.2) is 26.0 Å². The van der Waals surface area contributed by atoms with E-state index in [0.29, 0.717) is 10.2 Å². The van der Waals surface area contributed by atoms with Gasteiger partial charge in [-0.15, -0.1) is 0 Å². The molecule has 2 rings (SSSR count). The number of carbonyl (C=O) groups is 1. The standard InChI is InChI=1S/C10H6ClN3O3S/c11-5-1-2-7(14-8(5)9(16)17)18-10-12-4-3-6(15)13-10/h1-4H,(H,16,17)(H,12,13,15).